The third-order valence-electron chi connectivity index (χ3n) is 3.22. The van der Waals surface area contributed by atoms with Crippen molar-refractivity contribution in [2.75, 3.05) is 6.61 Å². The van der Waals surface area contributed by atoms with Crippen molar-refractivity contribution < 1.29 is 53.4 Å². The van der Waals surface area contributed by atoms with Crippen LogP contribution in [-0.2, 0) is 9.53 Å². The van der Waals surface area contributed by atoms with E-state index in [4.69, 9.17) is 0 Å². The second-order valence-corrected chi connectivity index (χ2v) is 5.00. The highest BCUT2D eigenvalue weighted by atomic mass is 19.4. The van der Waals surface area contributed by atoms with Crippen molar-refractivity contribution in [1.82, 2.24) is 0 Å². The number of ether oxygens (including phenoxy) is 1. The minimum absolute atomic E-state index is 0.198. The van der Waals surface area contributed by atoms with E-state index in [1.807, 2.05) is 0 Å². The maximum absolute atomic E-state index is 13.2. The molecule has 0 aromatic carbocycles. The molecule has 24 heavy (non-hydrogen) atoms. The average molecular weight is 380 g/mol. The van der Waals surface area contributed by atoms with Crippen molar-refractivity contribution in [3.05, 3.63) is 0 Å². The van der Waals surface area contributed by atoms with Gasteiger partial charge in [0.15, 0.2) is 0 Å². The number of hydrogen-bond donors (Lipinski definition) is 0. The Balaban J connectivity index is 5.21. The molecule has 0 aliphatic carbocycles. The Morgan fingerprint density at radius 2 is 1.42 bits per heavy atom. The Hall–Kier alpha value is -1.23. The number of carbonyl (C=O) groups excluding carboxylic acids is 1. The van der Waals surface area contributed by atoms with E-state index in [9.17, 15) is 48.7 Å². The van der Waals surface area contributed by atoms with Gasteiger partial charge in [0.2, 0.25) is 0 Å². The molecule has 0 heterocycles. The van der Waals surface area contributed by atoms with E-state index < -0.39 is 55.0 Å². The van der Waals surface area contributed by atoms with Gasteiger partial charge in [-0.15, -0.1) is 0 Å². The molecule has 0 rings (SSSR count). The Bertz CT molecular complexity index is 436. The van der Waals surface area contributed by atoms with Gasteiger partial charge < -0.3 is 4.74 Å². The summed E-state index contributed by atoms with van der Waals surface area (Å²) in [6, 6.07) is 0. The monoisotopic (exact) mass is 380 g/mol. The van der Waals surface area contributed by atoms with Crippen LogP contribution in [0.2, 0.25) is 0 Å². The van der Waals surface area contributed by atoms with Gasteiger partial charge >= 0.3 is 36.1 Å². The molecule has 0 aromatic rings. The Labute approximate surface area is 130 Å². The van der Waals surface area contributed by atoms with E-state index in [-0.39, 0.29) is 6.42 Å². The lowest BCUT2D eigenvalue weighted by Crippen LogP contribution is -2.64. The molecule has 0 radical (unpaired) electrons. The predicted octanol–water partition coefficient (Wildman–Crippen LogP) is 4.77. The quantitative estimate of drug-likeness (QED) is 0.426. The van der Waals surface area contributed by atoms with E-state index in [1.165, 1.54) is 13.8 Å². The molecule has 1 unspecified atom stereocenters. The maximum Gasteiger partial charge on any atom is 0.384 e. The van der Waals surface area contributed by atoms with Crippen molar-refractivity contribution in [1.29, 1.82) is 0 Å². The molecule has 0 saturated heterocycles. The number of esters is 1. The fourth-order valence-corrected chi connectivity index (χ4v) is 1.32. The molecule has 0 N–H and O–H groups in total. The lowest BCUT2D eigenvalue weighted by atomic mass is 9.97. The first-order chi connectivity index (χ1) is 10.6. The molecular weight excluding hydrogens is 366 g/mol. The van der Waals surface area contributed by atoms with Crippen LogP contribution in [0, 0.1) is 5.92 Å². The molecule has 1 atom stereocenters. The first kappa shape index (κ1) is 22.8. The molecule has 144 valence electrons. The van der Waals surface area contributed by atoms with Crippen LogP contribution in [0.1, 0.15) is 26.7 Å². The minimum Gasteiger partial charge on any atom is -0.465 e. The molecule has 0 aliphatic rings. The summed E-state index contributed by atoms with van der Waals surface area (Å²) in [7, 11) is 0. The molecule has 2 nitrogen and oxygen atoms in total. The summed E-state index contributed by atoms with van der Waals surface area (Å²) < 4.78 is 131. The van der Waals surface area contributed by atoms with Crippen molar-refractivity contribution in [3.8, 4) is 0 Å². The summed E-state index contributed by atoms with van der Waals surface area (Å²) in [4.78, 5) is 11.1. The lowest BCUT2D eigenvalue weighted by molar-refractivity contribution is -0.384. The van der Waals surface area contributed by atoms with E-state index in [2.05, 4.69) is 4.74 Å². The van der Waals surface area contributed by atoms with Gasteiger partial charge in [0.25, 0.3) is 0 Å². The summed E-state index contributed by atoms with van der Waals surface area (Å²) in [5, 5.41) is 0. The van der Waals surface area contributed by atoms with E-state index in [0.717, 1.165) is 0 Å². The molecule has 0 spiro atoms. The van der Waals surface area contributed by atoms with Crippen molar-refractivity contribution in [2.45, 2.75) is 56.8 Å². The first-order valence-corrected chi connectivity index (χ1v) is 6.52. The zero-order valence-electron chi connectivity index (χ0n) is 12.4. The Morgan fingerprint density at radius 1 is 0.958 bits per heavy atom. The van der Waals surface area contributed by atoms with Crippen molar-refractivity contribution in [2.24, 2.45) is 5.92 Å². The van der Waals surface area contributed by atoms with Gasteiger partial charge in [-0.25, -0.2) is 8.78 Å². The minimum atomic E-state index is -7.03. The van der Waals surface area contributed by atoms with Crippen LogP contribution >= 0.6 is 0 Å². The van der Waals surface area contributed by atoms with Crippen LogP contribution in [-0.4, -0.2) is 42.7 Å². The first-order valence-electron chi connectivity index (χ1n) is 6.52. The van der Waals surface area contributed by atoms with Gasteiger partial charge in [0, 0.05) is 0 Å². The zero-order chi connectivity index (χ0) is 19.6. The van der Waals surface area contributed by atoms with Crippen LogP contribution in [0.3, 0.4) is 0 Å². The molecule has 0 bridgehead atoms. The molecule has 12 heteroatoms. The van der Waals surface area contributed by atoms with Crippen LogP contribution in [0.25, 0.3) is 0 Å². The average Bonchev–Trinajstić information content (AvgIpc) is 2.44. The highest BCUT2D eigenvalue weighted by Crippen LogP contribution is 2.55. The second-order valence-electron chi connectivity index (χ2n) is 5.00. The third kappa shape index (κ3) is 4.05. The van der Waals surface area contributed by atoms with Crippen LogP contribution < -0.4 is 0 Å². The van der Waals surface area contributed by atoms with Gasteiger partial charge in [0.05, 0.1) is 18.9 Å². The number of carbonyl (C=O) groups is 1. The highest BCUT2D eigenvalue weighted by molar-refractivity contribution is 5.71. The number of alkyl halides is 10. The largest absolute Gasteiger partial charge is 0.465 e. The van der Waals surface area contributed by atoms with Crippen LogP contribution in [0.5, 0.6) is 0 Å². The second kappa shape index (κ2) is 7.34. The molecular formula is C12H14F10O2. The highest BCUT2D eigenvalue weighted by Gasteiger charge is 2.82. The summed E-state index contributed by atoms with van der Waals surface area (Å²) >= 11 is 0. The van der Waals surface area contributed by atoms with E-state index >= 15 is 0 Å². The molecule has 0 saturated carbocycles. The van der Waals surface area contributed by atoms with Crippen LogP contribution in [0.4, 0.5) is 43.9 Å². The number of halogens is 10. The molecule has 0 aromatic heterocycles. The van der Waals surface area contributed by atoms with Crippen molar-refractivity contribution >= 4 is 5.97 Å². The van der Waals surface area contributed by atoms with E-state index in [0.29, 0.717) is 0 Å². The summed E-state index contributed by atoms with van der Waals surface area (Å²) in [6.07, 6.45) is -7.35. The Morgan fingerprint density at radius 3 is 1.79 bits per heavy atom. The van der Waals surface area contributed by atoms with Gasteiger partial charge in [-0.1, -0.05) is 13.8 Å². The lowest BCUT2D eigenvalue weighted by Gasteiger charge is -2.36. The molecule has 0 fully saturated rings. The summed E-state index contributed by atoms with van der Waals surface area (Å²) in [5.74, 6) is -28.2. The number of hydrogen-bond acceptors (Lipinski definition) is 2. The smallest absolute Gasteiger partial charge is 0.384 e. The standard InChI is InChI=1S/C12H14F10O2/c1-3-6(2)7(23)24-5-4-9(15,16)11(19,20)12(21,22)10(17,18)8(13)14/h6,8H,3-5H2,1-2H3. The topological polar surface area (TPSA) is 26.3 Å². The van der Waals surface area contributed by atoms with Gasteiger partial charge in [0.1, 0.15) is 0 Å². The molecule has 0 aliphatic heterocycles. The van der Waals surface area contributed by atoms with E-state index in [1.54, 1.807) is 0 Å². The normalized spacial score (nSPS) is 15.5. The van der Waals surface area contributed by atoms with Gasteiger partial charge in [-0.05, 0) is 6.42 Å². The van der Waals surface area contributed by atoms with Gasteiger partial charge in [-0.2, -0.15) is 35.1 Å². The summed E-state index contributed by atoms with van der Waals surface area (Å²) in [5.41, 5.74) is 0. The Kier molecular flexibility index (Phi) is 6.96. The molecule has 0 amide bonds. The fourth-order valence-electron chi connectivity index (χ4n) is 1.32. The summed E-state index contributed by atoms with van der Waals surface area (Å²) in [6.45, 7) is 1.32. The van der Waals surface area contributed by atoms with Crippen LogP contribution in [0.15, 0.2) is 0 Å². The zero-order valence-corrected chi connectivity index (χ0v) is 12.4. The SMILES string of the molecule is CCC(C)C(=O)OCCC(F)(F)C(F)(F)C(F)(F)C(F)(F)C(F)F. The maximum atomic E-state index is 13.2. The fraction of sp³-hybridized carbons (Fsp3) is 0.917. The van der Waals surface area contributed by atoms with Gasteiger partial charge in [-0.3, -0.25) is 4.79 Å². The van der Waals surface area contributed by atoms with Crippen molar-refractivity contribution in [3.63, 3.8) is 0 Å². The third-order valence-corrected chi connectivity index (χ3v) is 3.22. The number of rotatable bonds is 9. The predicted molar refractivity (Wildman–Crippen MR) is 60.8 cm³/mol.